The van der Waals surface area contributed by atoms with Crippen LogP contribution in [0.5, 0.6) is 0 Å². The predicted octanol–water partition coefficient (Wildman–Crippen LogP) is -0.142. The van der Waals surface area contributed by atoms with Gasteiger partial charge in [-0.05, 0) is 6.92 Å². The summed E-state index contributed by atoms with van der Waals surface area (Å²) in [7, 11) is 1.84. The molecule has 4 heteroatoms. The summed E-state index contributed by atoms with van der Waals surface area (Å²) in [6, 6.07) is 0.353. The zero-order valence-electron chi connectivity index (χ0n) is 6.26. The largest absolute Gasteiger partial charge is 0.341 e. The van der Waals surface area contributed by atoms with E-state index in [2.05, 4.69) is 5.32 Å². The Bertz CT molecular complexity index is 129. The van der Waals surface area contributed by atoms with Gasteiger partial charge in [0.25, 0.3) is 0 Å². The van der Waals surface area contributed by atoms with E-state index < -0.39 is 0 Å². The molecule has 0 saturated carbocycles. The van der Waals surface area contributed by atoms with Crippen molar-refractivity contribution in [3.8, 4) is 0 Å². The number of rotatable bonds is 0. The molecular formula is C6H13ClN2O. The maximum Gasteiger partial charge on any atom is 0.236 e. The summed E-state index contributed by atoms with van der Waals surface area (Å²) < 4.78 is 0. The predicted molar refractivity (Wildman–Crippen MR) is 42.3 cm³/mol. The Labute approximate surface area is 67.2 Å². The van der Waals surface area contributed by atoms with Crippen LogP contribution in [-0.4, -0.2) is 37.0 Å². The Hall–Kier alpha value is -0.280. The lowest BCUT2D eigenvalue weighted by Crippen LogP contribution is -2.51. The molecule has 1 N–H and O–H groups in total. The molecule has 0 radical (unpaired) electrons. The molecule has 1 atom stereocenters. The molecule has 1 aliphatic rings. The van der Waals surface area contributed by atoms with Crippen LogP contribution in [0.2, 0.25) is 0 Å². The van der Waals surface area contributed by atoms with E-state index in [-0.39, 0.29) is 18.3 Å². The van der Waals surface area contributed by atoms with Crippen LogP contribution in [0.15, 0.2) is 0 Å². The number of nitrogens with one attached hydrogen (secondary N) is 1. The highest BCUT2D eigenvalue weighted by molar-refractivity contribution is 5.85. The number of hydrogen-bond donors (Lipinski definition) is 1. The van der Waals surface area contributed by atoms with Gasteiger partial charge in [-0.3, -0.25) is 4.79 Å². The average Bonchev–Trinajstić information content (AvgIpc) is 1.83. The number of hydrogen-bond acceptors (Lipinski definition) is 2. The van der Waals surface area contributed by atoms with Crippen molar-refractivity contribution in [2.24, 2.45) is 0 Å². The second-order valence-corrected chi connectivity index (χ2v) is 2.48. The molecule has 1 heterocycles. The Morgan fingerprint density at radius 1 is 1.70 bits per heavy atom. The van der Waals surface area contributed by atoms with Crippen LogP contribution < -0.4 is 5.32 Å². The Morgan fingerprint density at radius 3 is 2.70 bits per heavy atom. The van der Waals surface area contributed by atoms with Crippen LogP contribution in [-0.2, 0) is 4.79 Å². The van der Waals surface area contributed by atoms with Gasteiger partial charge in [-0.2, -0.15) is 0 Å². The van der Waals surface area contributed by atoms with Crippen molar-refractivity contribution in [1.29, 1.82) is 0 Å². The van der Waals surface area contributed by atoms with Gasteiger partial charge in [-0.25, -0.2) is 0 Å². The minimum atomic E-state index is 0. The number of nitrogens with zero attached hydrogens (tertiary/aromatic N) is 1. The molecule has 1 amide bonds. The highest BCUT2D eigenvalue weighted by Gasteiger charge is 2.19. The Kier molecular flexibility index (Phi) is 3.68. The molecule has 1 aliphatic heterocycles. The number of piperazine rings is 1. The van der Waals surface area contributed by atoms with Gasteiger partial charge in [-0.15, -0.1) is 12.4 Å². The summed E-state index contributed by atoms with van der Waals surface area (Å²) >= 11 is 0. The third-order valence-electron chi connectivity index (χ3n) is 1.77. The number of carbonyl (C=O) groups excluding carboxylic acids is 1. The van der Waals surface area contributed by atoms with Gasteiger partial charge in [-0.1, -0.05) is 0 Å². The van der Waals surface area contributed by atoms with Crippen molar-refractivity contribution in [3.05, 3.63) is 0 Å². The molecule has 0 aromatic heterocycles. The van der Waals surface area contributed by atoms with Crippen molar-refractivity contribution in [2.75, 3.05) is 20.1 Å². The molecule has 0 bridgehead atoms. The summed E-state index contributed by atoms with van der Waals surface area (Å²) in [4.78, 5) is 12.6. The Morgan fingerprint density at radius 2 is 2.30 bits per heavy atom. The summed E-state index contributed by atoms with van der Waals surface area (Å²) in [5, 5.41) is 3.02. The van der Waals surface area contributed by atoms with Crippen LogP contribution >= 0.6 is 12.4 Å². The normalized spacial score (nSPS) is 26.0. The van der Waals surface area contributed by atoms with E-state index in [9.17, 15) is 4.79 Å². The standard InChI is InChI=1S/C6H12N2O.ClH/c1-5-3-7-4-6(9)8(5)2;/h5,7H,3-4H2,1-2H3;1H. The molecule has 1 saturated heterocycles. The second kappa shape index (κ2) is 3.78. The number of carbonyl (C=O) groups is 1. The van der Waals surface area contributed by atoms with E-state index in [1.807, 2.05) is 14.0 Å². The fourth-order valence-corrected chi connectivity index (χ4v) is 0.895. The maximum atomic E-state index is 10.9. The summed E-state index contributed by atoms with van der Waals surface area (Å²) in [5.41, 5.74) is 0. The molecular weight excluding hydrogens is 152 g/mol. The molecule has 0 aromatic carbocycles. The first-order valence-corrected chi connectivity index (χ1v) is 3.18. The number of amides is 1. The third kappa shape index (κ3) is 1.85. The first-order valence-electron chi connectivity index (χ1n) is 3.18. The molecule has 1 rings (SSSR count). The van der Waals surface area contributed by atoms with Crippen molar-refractivity contribution in [1.82, 2.24) is 10.2 Å². The van der Waals surface area contributed by atoms with Crippen LogP contribution in [0.1, 0.15) is 6.92 Å². The lowest BCUT2D eigenvalue weighted by atomic mass is 10.2. The van der Waals surface area contributed by atoms with Crippen molar-refractivity contribution in [3.63, 3.8) is 0 Å². The van der Waals surface area contributed by atoms with E-state index in [0.29, 0.717) is 12.6 Å². The summed E-state index contributed by atoms with van der Waals surface area (Å²) in [5.74, 6) is 0.189. The summed E-state index contributed by atoms with van der Waals surface area (Å²) in [6.45, 7) is 3.45. The quantitative estimate of drug-likeness (QED) is 0.541. The van der Waals surface area contributed by atoms with Gasteiger partial charge < -0.3 is 10.2 Å². The molecule has 0 aromatic rings. The lowest BCUT2D eigenvalue weighted by molar-refractivity contribution is -0.132. The molecule has 3 nitrogen and oxygen atoms in total. The minimum Gasteiger partial charge on any atom is -0.341 e. The van der Waals surface area contributed by atoms with E-state index in [0.717, 1.165) is 6.54 Å². The molecule has 10 heavy (non-hydrogen) atoms. The first kappa shape index (κ1) is 9.72. The van der Waals surface area contributed by atoms with Gasteiger partial charge in [0.1, 0.15) is 0 Å². The van der Waals surface area contributed by atoms with Gasteiger partial charge in [0.15, 0.2) is 0 Å². The van der Waals surface area contributed by atoms with E-state index in [4.69, 9.17) is 0 Å². The van der Waals surface area contributed by atoms with Crippen LogP contribution in [0, 0.1) is 0 Å². The van der Waals surface area contributed by atoms with Crippen LogP contribution in [0.25, 0.3) is 0 Å². The first-order chi connectivity index (χ1) is 4.22. The van der Waals surface area contributed by atoms with E-state index in [1.165, 1.54) is 0 Å². The molecule has 60 valence electrons. The van der Waals surface area contributed by atoms with Crippen molar-refractivity contribution in [2.45, 2.75) is 13.0 Å². The van der Waals surface area contributed by atoms with Gasteiger partial charge in [0, 0.05) is 19.6 Å². The highest BCUT2D eigenvalue weighted by atomic mass is 35.5. The van der Waals surface area contributed by atoms with Gasteiger partial charge in [0.2, 0.25) is 5.91 Å². The number of likely N-dealkylation sites (N-methyl/N-ethyl adjacent to an activating group) is 1. The fourth-order valence-electron chi connectivity index (χ4n) is 0.895. The zero-order chi connectivity index (χ0) is 6.85. The van der Waals surface area contributed by atoms with E-state index >= 15 is 0 Å². The second-order valence-electron chi connectivity index (χ2n) is 2.48. The average molecular weight is 165 g/mol. The van der Waals surface area contributed by atoms with Crippen LogP contribution in [0.4, 0.5) is 0 Å². The SMILES string of the molecule is CC1CNCC(=O)N1C.Cl. The fraction of sp³-hybridized carbons (Fsp3) is 0.833. The topological polar surface area (TPSA) is 32.3 Å². The molecule has 1 fully saturated rings. The van der Waals surface area contributed by atoms with Gasteiger partial charge >= 0.3 is 0 Å². The molecule has 0 aliphatic carbocycles. The summed E-state index contributed by atoms with van der Waals surface area (Å²) in [6.07, 6.45) is 0. The van der Waals surface area contributed by atoms with Crippen molar-refractivity contribution < 1.29 is 4.79 Å². The molecule has 0 spiro atoms. The highest BCUT2D eigenvalue weighted by Crippen LogP contribution is 1.98. The van der Waals surface area contributed by atoms with Crippen LogP contribution in [0.3, 0.4) is 0 Å². The minimum absolute atomic E-state index is 0. The van der Waals surface area contributed by atoms with Crippen molar-refractivity contribution >= 4 is 18.3 Å². The van der Waals surface area contributed by atoms with Gasteiger partial charge in [0.05, 0.1) is 6.54 Å². The molecule has 1 unspecified atom stereocenters. The zero-order valence-corrected chi connectivity index (χ0v) is 7.07. The smallest absolute Gasteiger partial charge is 0.236 e. The maximum absolute atomic E-state index is 10.9. The Balaban J connectivity index is 0.000000810. The van der Waals surface area contributed by atoms with E-state index in [1.54, 1.807) is 4.90 Å². The monoisotopic (exact) mass is 164 g/mol. The number of halogens is 1. The lowest BCUT2D eigenvalue weighted by Gasteiger charge is -2.29. The third-order valence-corrected chi connectivity index (χ3v) is 1.77.